The number of amides is 1. The molecule has 0 fully saturated rings. The molecule has 0 bridgehead atoms. The third-order valence-corrected chi connectivity index (χ3v) is 3.35. The van der Waals surface area contributed by atoms with Gasteiger partial charge in [-0.1, -0.05) is 15.9 Å². The maximum Gasteiger partial charge on any atom is 0.391 e. The number of alkyl halides is 3. The Kier molecular flexibility index (Phi) is 5.15. The molecule has 20 heavy (non-hydrogen) atoms. The highest BCUT2D eigenvalue weighted by atomic mass is 79.9. The molecular formula is C12H11BrF3NO3. The number of halogens is 4. The maximum absolute atomic E-state index is 12.2. The standard InChI is InChI=1S/C12H11BrF3NO3/c1-6-4-7(2-3-8(6)13)10(18)17-9(11(19)20)5-12(14,15)16/h2-4,9H,5H2,1H3,(H,17,18)(H,19,20). The molecule has 1 aromatic carbocycles. The van der Waals surface area contributed by atoms with E-state index in [4.69, 9.17) is 5.11 Å². The molecule has 1 aromatic rings. The third kappa shape index (κ3) is 4.84. The van der Waals surface area contributed by atoms with Gasteiger partial charge in [0.25, 0.3) is 5.91 Å². The number of carbonyl (C=O) groups is 2. The van der Waals surface area contributed by atoms with E-state index in [1.165, 1.54) is 12.1 Å². The Labute approximate surface area is 121 Å². The molecule has 0 spiro atoms. The van der Waals surface area contributed by atoms with Gasteiger partial charge in [-0.25, -0.2) is 4.79 Å². The monoisotopic (exact) mass is 353 g/mol. The highest BCUT2D eigenvalue weighted by Gasteiger charge is 2.36. The number of aryl methyl sites for hydroxylation is 1. The summed E-state index contributed by atoms with van der Waals surface area (Å²) < 4.78 is 37.4. The van der Waals surface area contributed by atoms with Crippen LogP contribution in [-0.2, 0) is 4.79 Å². The highest BCUT2D eigenvalue weighted by molar-refractivity contribution is 9.10. The molecule has 0 aromatic heterocycles. The number of hydrogen-bond donors (Lipinski definition) is 2. The van der Waals surface area contributed by atoms with Crippen molar-refractivity contribution in [1.29, 1.82) is 0 Å². The Morgan fingerprint density at radius 1 is 1.40 bits per heavy atom. The van der Waals surface area contributed by atoms with Crippen molar-refractivity contribution in [2.45, 2.75) is 25.6 Å². The fraction of sp³-hybridized carbons (Fsp3) is 0.333. The van der Waals surface area contributed by atoms with Crippen molar-refractivity contribution in [3.63, 3.8) is 0 Å². The van der Waals surface area contributed by atoms with Gasteiger partial charge >= 0.3 is 12.1 Å². The van der Waals surface area contributed by atoms with Crippen molar-refractivity contribution < 1.29 is 27.9 Å². The minimum atomic E-state index is -4.67. The van der Waals surface area contributed by atoms with Gasteiger partial charge in [0.1, 0.15) is 6.04 Å². The van der Waals surface area contributed by atoms with Crippen molar-refractivity contribution in [2.24, 2.45) is 0 Å². The second-order valence-electron chi connectivity index (χ2n) is 4.15. The minimum Gasteiger partial charge on any atom is -0.480 e. The zero-order valence-electron chi connectivity index (χ0n) is 10.3. The predicted octanol–water partition coefficient (Wildman–Crippen LogP) is 2.89. The van der Waals surface area contributed by atoms with E-state index >= 15 is 0 Å². The SMILES string of the molecule is Cc1cc(C(=O)NC(CC(F)(F)F)C(=O)O)ccc1Br. The average Bonchev–Trinajstić information content (AvgIpc) is 2.29. The van der Waals surface area contributed by atoms with E-state index in [-0.39, 0.29) is 5.56 Å². The van der Waals surface area contributed by atoms with Crippen LogP contribution >= 0.6 is 15.9 Å². The smallest absolute Gasteiger partial charge is 0.391 e. The average molecular weight is 354 g/mol. The Bertz CT molecular complexity index is 531. The van der Waals surface area contributed by atoms with Crippen LogP contribution in [-0.4, -0.2) is 29.2 Å². The molecular weight excluding hydrogens is 343 g/mol. The Hall–Kier alpha value is -1.57. The zero-order valence-corrected chi connectivity index (χ0v) is 11.9. The molecule has 0 aliphatic rings. The topological polar surface area (TPSA) is 66.4 Å². The van der Waals surface area contributed by atoms with Crippen molar-refractivity contribution in [1.82, 2.24) is 5.32 Å². The Morgan fingerprint density at radius 2 is 2.00 bits per heavy atom. The van der Waals surface area contributed by atoms with Gasteiger partial charge in [-0.15, -0.1) is 0 Å². The summed E-state index contributed by atoms with van der Waals surface area (Å²) in [5, 5.41) is 10.6. The van der Waals surface area contributed by atoms with Crippen LogP contribution in [0.15, 0.2) is 22.7 Å². The first-order valence-electron chi connectivity index (χ1n) is 5.46. The number of aliphatic carboxylic acids is 1. The third-order valence-electron chi connectivity index (χ3n) is 2.46. The maximum atomic E-state index is 12.2. The second kappa shape index (κ2) is 6.25. The lowest BCUT2D eigenvalue weighted by Crippen LogP contribution is -2.43. The molecule has 0 saturated heterocycles. The van der Waals surface area contributed by atoms with Crippen LogP contribution in [0.5, 0.6) is 0 Å². The number of rotatable bonds is 4. The quantitative estimate of drug-likeness (QED) is 0.874. The van der Waals surface area contributed by atoms with Crippen LogP contribution < -0.4 is 5.32 Å². The number of hydrogen-bond acceptors (Lipinski definition) is 2. The molecule has 0 heterocycles. The number of benzene rings is 1. The fourth-order valence-electron chi connectivity index (χ4n) is 1.46. The van der Waals surface area contributed by atoms with Crippen LogP contribution in [0, 0.1) is 6.92 Å². The van der Waals surface area contributed by atoms with Crippen LogP contribution in [0.25, 0.3) is 0 Å². The molecule has 4 nitrogen and oxygen atoms in total. The molecule has 1 atom stereocenters. The first kappa shape index (κ1) is 16.5. The molecule has 0 saturated carbocycles. The number of nitrogens with one attached hydrogen (secondary N) is 1. The molecule has 0 radical (unpaired) electrons. The predicted molar refractivity (Wildman–Crippen MR) is 68.4 cm³/mol. The van der Waals surface area contributed by atoms with E-state index in [9.17, 15) is 22.8 Å². The molecule has 0 aliphatic carbocycles. The molecule has 1 rings (SSSR count). The van der Waals surface area contributed by atoms with Gasteiger partial charge < -0.3 is 10.4 Å². The highest BCUT2D eigenvalue weighted by Crippen LogP contribution is 2.22. The van der Waals surface area contributed by atoms with Crippen LogP contribution in [0.3, 0.4) is 0 Å². The summed E-state index contributed by atoms with van der Waals surface area (Å²) in [7, 11) is 0. The largest absolute Gasteiger partial charge is 0.480 e. The van der Waals surface area contributed by atoms with Gasteiger partial charge in [0, 0.05) is 10.0 Å². The molecule has 1 amide bonds. The molecule has 8 heteroatoms. The number of carboxylic acid groups (broad SMARTS) is 1. The van der Waals surface area contributed by atoms with E-state index in [0.717, 1.165) is 4.47 Å². The summed E-state index contributed by atoms with van der Waals surface area (Å²) in [6, 6.07) is 2.39. The van der Waals surface area contributed by atoms with Crippen molar-refractivity contribution in [3.8, 4) is 0 Å². The molecule has 1 unspecified atom stereocenters. The minimum absolute atomic E-state index is 0.0964. The summed E-state index contributed by atoms with van der Waals surface area (Å²) in [5.41, 5.74) is 0.805. The Morgan fingerprint density at radius 3 is 2.45 bits per heavy atom. The van der Waals surface area contributed by atoms with Gasteiger partial charge in [-0.05, 0) is 30.7 Å². The second-order valence-corrected chi connectivity index (χ2v) is 5.00. The zero-order chi connectivity index (χ0) is 15.5. The van der Waals surface area contributed by atoms with E-state index in [1.54, 1.807) is 13.0 Å². The summed E-state index contributed by atoms with van der Waals surface area (Å²) >= 11 is 3.22. The van der Waals surface area contributed by atoms with Gasteiger partial charge in [-0.3, -0.25) is 4.79 Å². The first-order valence-corrected chi connectivity index (χ1v) is 6.26. The van der Waals surface area contributed by atoms with E-state index in [2.05, 4.69) is 15.9 Å². The van der Waals surface area contributed by atoms with E-state index < -0.39 is 30.5 Å². The Balaban J connectivity index is 2.85. The number of carboxylic acids is 1. The molecule has 0 aliphatic heterocycles. The van der Waals surface area contributed by atoms with Crippen LogP contribution in [0.1, 0.15) is 22.3 Å². The van der Waals surface area contributed by atoms with E-state index in [0.29, 0.717) is 5.56 Å². The normalized spacial score (nSPS) is 12.8. The van der Waals surface area contributed by atoms with Crippen LogP contribution in [0.2, 0.25) is 0 Å². The van der Waals surface area contributed by atoms with Gasteiger partial charge in [0.15, 0.2) is 0 Å². The van der Waals surface area contributed by atoms with E-state index in [1.807, 2.05) is 5.32 Å². The first-order chi connectivity index (χ1) is 9.10. The van der Waals surface area contributed by atoms with Crippen molar-refractivity contribution in [3.05, 3.63) is 33.8 Å². The molecule has 2 N–H and O–H groups in total. The lowest BCUT2D eigenvalue weighted by Gasteiger charge is -2.16. The van der Waals surface area contributed by atoms with Gasteiger partial charge in [0.05, 0.1) is 6.42 Å². The van der Waals surface area contributed by atoms with Crippen molar-refractivity contribution in [2.75, 3.05) is 0 Å². The van der Waals surface area contributed by atoms with Crippen LogP contribution in [0.4, 0.5) is 13.2 Å². The molecule has 110 valence electrons. The summed E-state index contributed by atoms with van der Waals surface area (Å²) in [5.74, 6) is -2.60. The lowest BCUT2D eigenvalue weighted by atomic mass is 10.1. The summed E-state index contributed by atoms with van der Waals surface area (Å²) in [6.45, 7) is 1.70. The lowest BCUT2D eigenvalue weighted by molar-refractivity contribution is -0.157. The number of carbonyl (C=O) groups excluding carboxylic acids is 1. The van der Waals surface area contributed by atoms with Gasteiger partial charge in [-0.2, -0.15) is 13.2 Å². The summed E-state index contributed by atoms with van der Waals surface area (Å²) in [4.78, 5) is 22.5. The van der Waals surface area contributed by atoms with Gasteiger partial charge in [0.2, 0.25) is 0 Å². The summed E-state index contributed by atoms with van der Waals surface area (Å²) in [6.07, 6.45) is -6.30. The van der Waals surface area contributed by atoms with Crippen molar-refractivity contribution >= 4 is 27.8 Å². The fourth-order valence-corrected chi connectivity index (χ4v) is 1.71.